The first-order valence-electron chi connectivity index (χ1n) is 6.79. The molecule has 94 valence electrons. The zero-order chi connectivity index (χ0) is 12.1. The molecular formula is C15H24N2. The molecule has 2 heteroatoms. The molecule has 1 aliphatic rings. The van der Waals surface area contributed by atoms with Gasteiger partial charge in [-0.2, -0.15) is 0 Å². The fourth-order valence-electron chi connectivity index (χ4n) is 2.77. The molecule has 1 heterocycles. The molecule has 1 aromatic rings. The monoisotopic (exact) mass is 232 g/mol. The van der Waals surface area contributed by atoms with Gasteiger partial charge in [0.25, 0.3) is 0 Å². The van der Waals surface area contributed by atoms with Crippen LogP contribution in [-0.4, -0.2) is 24.5 Å². The van der Waals surface area contributed by atoms with E-state index in [1.807, 2.05) is 0 Å². The lowest BCUT2D eigenvalue weighted by Crippen LogP contribution is -2.35. The zero-order valence-corrected chi connectivity index (χ0v) is 10.9. The molecule has 0 aliphatic carbocycles. The van der Waals surface area contributed by atoms with Crippen LogP contribution in [0.4, 0.5) is 0 Å². The number of piperidine rings is 1. The Morgan fingerprint density at radius 3 is 2.76 bits per heavy atom. The number of nitrogens with zero attached hydrogens (tertiary/aromatic N) is 1. The first-order valence-corrected chi connectivity index (χ1v) is 6.79. The predicted molar refractivity (Wildman–Crippen MR) is 72.9 cm³/mol. The van der Waals surface area contributed by atoms with Gasteiger partial charge in [-0.05, 0) is 42.9 Å². The molecule has 0 spiro atoms. The van der Waals surface area contributed by atoms with Gasteiger partial charge in [0.2, 0.25) is 0 Å². The minimum absolute atomic E-state index is 0.659. The van der Waals surface area contributed by atoms with Crippen LogP contribution in [0.1, 0.15) is 30.9 Å². The second kappa shape index (κ2) is 6.18. The van der Waals surface area contributed by atoms with E-state index in [0.29, 0.717) is 6.54 Å². The number of hydrogen-bond donors (Lipinski definition) is 1. The number of benzene rings is 1. The highest BCUT2D eigenvalue weighted by Gasteiger charge is 2.15. The molecule has 0 saturated carbocycles. The summed E-state index contributed by atoms with van der Waals surface area (Å²) < 4.78 is 0. The molecular weight excluding hydrogens is 208 g/mol. The van der Waals surface area contributed by atoms with Crippen molar-refractivity contribution in [3.8, 4) is 0 Å². The van der Waals surface area contributed by atoms with Crippen molar-refractivity contribution in [3.63, 3.8) is 0 Å². The first kappa shape index (κ1) is 12.6. The van der Waals surface area contributed by atoms with Crippen LogP contribution in [0.15, 0.2) is 24.3 Å². The molecule has 1 unspecified atom stereocenters. The zero-order valence-electron chi connectivity index (χ0n) is 10.9. The van der Waals surface area contributed by atoms with Crippen LogP contribution in [0.2, 0.25) is 0 Å². The standard InChI is InChI=1S/C15H24N2/c1-13-5-4-9-17(12-13)10-8-14-6-2-3-7-15(14)11-16/h2-3,6-7,13H,4-5,8-12,16H2,1H3. The van der Waals surface area contributed by atoms with Gasteiger partial charge in [-0.3, -0.25) is 0 Å². The van der Waals surface area contributed by atoms with Gasteiger partial charge in [0, 0.05) is 19.6 Å². The topological polar surface area (TPSA) is 29.3 Å². The van der Waals surface area contributed by atoms with E-state index < -0.39 is 0 Å². The van der Waals surface area contributed by atoms with Gasteiger partial charge in [-0.15, -0.1) is 0 Å². The van der Waals surface area contributed by atoms with Crippen LogP contribution >= 0.6 is 0 Å². The van der Waals surface area contributed by atoms with Gasteiger partial charge in [-0.1, -0.05) is 31.2 Å². The summed E-state index contributed by atoms with van der Waals surface area (Å²) in [6.07, 6.45) is 3.90. The van der Waals surface area contributed by atoms with Crippen molar-refractivity contribution in [2.24, 2.45) is 11.7 Å². The molecule has 0 amide bonds. The normalized spacial score (nSPS) is 21.6. The molecule has 2 N–H and O–H groups in total. The third-order valence-corrected chi connectivity index (χ3v) is 3.78. The second-order valence-electron chi connectivity index (χ2n) is 5.27. The van der Waals surface area contributed by atoms with E-state index in [1.165, 1.54) is 43.6 Å². The highest BCUT2D eigenvalue weighted by molar-refractivity contribution is 5.27. The van der Waals surface area contributed by atoms with E-state index in [9.17, 15) is 0 Å². The SMILES string of the molecule is CC1CCCN(CCc2ccccc2CN)C1. The molecule has 1 saturated heterocycles. The minimum atomic E-state index is 0.659. The van der Waals surface area contributed by atoms with Gasteiger partial charge >= 0.3 is 0 Å². The van der Waals surface area contributed by atoms with Gasteiger partial charge < -0.3 is 10.6 Å². The number of nitrogens with two attached hydrogens (primary N) is 1. The first-order chi connectivity index (χ1) is 8.29. The fourth-order valence-corrected chi connectivity index (χ4v) is 2.77. The van der Waals surface area contributed by atoms with E-state index >= 15 is 0 Å². The maximum atomic E-state index is 5.77. The number of hydrogen-bond acceptors (Lipinski definition) is 2. The molecule has 0 bridgehead atoms. The molecule has 17 heavy (non-hydrogen) atoms. The summed E-state index contributed by atoms with van der Waals surface area (Å²) >= 11 is 0. The van der Waals surface area contributed by atoms with Crippen molar-refractivity contribution in [2.45, 2.75) is 32.7 Å². The highest BCUT2D eigenvalue weighted by atomic mass is 15.1. The molecule has 0 radical (unpaired) electrons. The van der Waals surface area contributed by atoms with Crippen LogP contribution in [0.3, 0.4) is 0 Å². The van der Waals surface area contributed by atoms with Crippen molar-refractivity contribution in [3.05, 3.63) is 35.4 Å². The summed E-state index contributed by atoms with van der Waals surface area (Å²) in [5, 5.41) is 0. The number of likely N-dealkylation sites (tertiary alicyclic amines) is 1. The summed E-state index contributed by atoms with van der Waals surface area (Å²) in [6.45, 7) is 6.74. The lowest BCUT2D eigenvalue weighted by molar-refractivity contribution is 0.186. The Labute approximate surface area is 105 Å². The van der Waals surface area contributed by atoms with Crippen LogP contribution in [0.25, 0.3) is 0 Å². The predicted octanol–water partition coefficient (Wildman–Crippen LogP) is 2.42. The van der Waals surface area contributed by atoms with Gasteiger partial charge in [0.1, 0.15) is 0 Å². The van der Waals surface area contributed by atoms with Gasteiger partial charge in [0.15, 0.2) is 0 Å². The summed E-state index contributed by atoms with van der Waals surface area (Å²) in [7, 11) is 0. The lowest BCUT2D eigenvalue weighted by Gasteiger charge is -2.30. The van der Waals surface area contributed by atoms with Crippen LogP contribution in [-0.2, 0) is 13.0 Å². The van der Waals surface area contributed by atoms with Crippen molar-refractivity contribution in [1.82, 2.24) is 4.90 Å². The Hall–Kier alpha value is -0.860. The molecule has 1 aliphatic heterocycles. The number of rotatable bonds is 4. The Balaban J connectivity index is 1.88. The van der Waals surface area contributed by atoms with E-state index in [4.69, 9.17) is 5.73 Å². The van der Waals surface area contributed by atoms with Crippen LogP contribution in [0, 0.1) is 5.92 Å². The van der Waals surface area contributed by atoms with Crippen LogP contribution in [0.5, 0.6) is 0 Å². The Morgan fingerprint density at radius 2 is 2.06 bits per heavy atom. The van der Waals surface area contributed by atoms with Crippen molar-refractivity contribution in [2.75, 3.05) is 19.6 Å². The van der Waals surface area contributed by atoms with Crippen molar-refractivity contribution >= 4 is 0 Å². The van der Waals surface area contributed by atoms with Gasteiger partial charge in [-0.25, -0.2) is 0 Å². The summed E-state index contributed by atoms with van der Waals surface area (Å²) in [5.41, 5.74) is 8.50. The third-order valence-electron chi connectivity index (χ3n) is 3.78. The molecule has 2 rings (SSSR count). The largest absolute Gasteiger partial charge is 0.326 e. The molecule has 1 fully saturated rings. The molecule has 2 nitrogen and oxygen atoms in total. The molecule has 1 atom stereocenters. The Morgan fingerprint density at radius 1 is 1.29 bits per heavy atom. The van der Waals surface area contributed by atoms with E-state index in [0.717, 1.165) is 12.3 Å². The maximum absolute atomic E-state index is 5.77. The van der Waals surface area contributed by atoms with E-state index in [2.05, 4.69) is 36.1 Å². The Kier molecular flexibility index (Phi) is 4.57. The molecule has 1 aromatic carbocycles. The molecule has 0 aromatic heterocycles. The summed E-state index contributed by atoms with van der Waals surface area (Å²) in [4.78, 5) is 2.60. The highest BCUT2D eigenvalue weighted by Crippen LogP contribution is 2.16. The summed E-state index contributed by atoms with van der Waals surface area (Å²) in [5.74, 6) is 0.869. The smallest absolute Gasteiger partial charge is 0.0180 e. The quantitative estimate of drug-likeness (QED) is 0.864. The lowest BCUT2D eigenvalue weighted by atomic mass is 9.99. The van der Waals surface area contributed by atoms with E-state index in [-0.39, 0.29) is 0 Å². The second-order valence-corrected chi connectivity index (χ2v) is 5.27. The van der Waals surface area contributed by atoms with E-state index in [1.54, 1.807) is 0 Å². The van der Waals surface area contributed by atoms with Crippen molar-refractivity contribution in [1.29, 1.82) is 0 Å². The van der Waals surface area contributed by atoms with Gasteiger partial charge in [0.05, 0.1) is 0 Å². The third kappa shape index (κ3) is 3.55. The summed E-state index contributed by atoms with van der Waals surface area (Å²) in [6, 6.07) is 8.56. The Bertz CT molecular complexity index is 349. The average Bonchev–Trinajstić information content (AvgIpc) is 2.37. The van der Waals surface area contributed by atoms with Crippen molar-refractivity contribution < 1.29 is 0 Å². The fraction of sp³-hybridized carbons (Fsp3) is 0.600. The average molecular weight is 232 g/mol. The minimum Gasteiger partial charge on any atom is -0.326 e. The maximum Gasteiger partial charge on any atom is 0.0180 e. The van der Waals surface area contributed by atoms with Crippen LogP contribution < -0.4 is 5.73 Å².